The number of non-ortho nitro benzene ring substituents is 1. The summed E-state index contributed by atoms with van der Waals surface area (Å²) in [4.78, 5) is 14.5. The Balaban J connectivity index is 2.83. The lowest BCUT2D eigenvalue weighted by molar-refractivity contribution is -0.383. The number of rotatable bonds is 2. The Hall–Kier alpha value is -2.17. The molecule has 0 amide bonds. The molecule has 1 aromatic heterocycles. The monoisotopic (exact) mass is 218 g/mol. The van der Waals surface area contributed by atoms with E-state index in [2.05, 4.69) is 4.98 Å². The van der Waals surface area contributed by atoms with Crippen LogP contribution in [0.3, 0.4) is 0 Å². The molecule has 0 aliphatic carbocycles. The molecule has 16 heavy (non-hydrogen) atoms. The number of benzene rings is 1. The molecular weight excluding hydrogens is 208 g/mol. The summed E-state index contributed by atoms with van der Waals surface area (Å²) in [5.74, 6) is 0.376. The molecule has 0 spiro atoms. The van der Waals surface area contributed by atoms with Gasteiger partial charge >= 0.3 is 0 Å². The fraction of sp³-hybridized carbons (Fsp3) is 0.182. The minimum Gasteiger partial charge on any atom is -0.481 e. The Labute approximate surface area is 91.8 Å². The molecule has 2 aromatic rings. The first kappa shape index (κ1) is 10.4. The molecule has 0 N–H and O–H groups in total. The first-order valence-electron chi connectivity index (χ1n) is 4.72. The van der Waals surface area contributed by atoms with Gasteiger partial charge in [-0.2, -0.15) is 0 Å². The quantitative estimate of drug-likeness (QED) is 0.573. The van der Waals surface area contributed by atoms with Gasteiger partial charge in [0.15, 0.2) is 5.52 Å². The topological polar surface area (TPSA) is 65.3 Å². The second-order valence-electron chi connectivity index (χ2n) is 3.41. The Morgan fingerprint density at radius 3 is 2.69 bits per heavy atom. The number of nitro groups is 1. The molecule has 0 fully saturated rings. The maximum atomic E-state index is 10.9. The number of fused-ring (bicyclic) bond motifs is 1. The van der Waals surface area contributed by atoms with Crippen molar-refractivity contribution in [3.05, 3.63) is 39.9 Å². The third kappa shape index (κ3) is 1.56. The van der Waals surface area contributed by atoms with Gasteiger partial charge < -0.3 is 4.74 Å². The molecule has 1 aromatic carbocycles. The van der Waals surface area contributed by atoms with Crippen LogP contribution in [0.1, 0.15) is 5.56 Å². The molecule has 0 atom stereocenters. The summed E-state index contributed by atoms with van der Waals surface area (Å²) >= 11 is 0. The van der Waals surface area contributed by atoms with E-state index in [4.69, 9.17) is 4.74 Å². The van der Waals surface area contributed by atoms with Gasteiger partial charge in [-0.05, 0) is 18.6 Å². The minimum atomic E-state index is -0.436. The van der Waals surface area contributed by atoms with Crippen molar-refractivity contribution in [3.8, 4) is 5.88 Å². The standard InChI is InChI=1S/C11H10N2O3/c1-7-3-5-9(13(14)15)11-8(7)4-6-10(12-11)16-2/h3-6H,1-2H3. The number of methoxy groups -OCH3 is 1. The van der Waals surface area contributed by atoms with Gasteiger partial charge in [-0.3, -0.25) is 10.1 Å². The minimum absolute atomic E-state index is 0.000463. The Kier molecular flexibility index (Phi) is 2.44. The van der Waals surface area contributed by atoms with E-state index in [9.17, 15) is 10.1 Å². The van der Waals surface area contributed by atoms with Crippen molar-refractivity contribution in [2.75, 3.05) is 7.11 Å². The summed E-state index contributed by atoms with van der Waals surface area (Å²) in [5.41, 5.74) is 1.32. The van der Waals surface area contributed by atoms with Crippen LogP contribution in [0.2, 0.25) is 0 Å². The zero-order valence-electron chi connectivity index (χ0n) is 8.93. The number of aryl methyl sites for hydroxylation is 1. The van der Waals surface area contributed by atoms with Gasteiger partial charge in [0.25, 0.3) is 5.69 Å². The predicted molar refractivity (Wildman–Crippen MR) is 59.7 cm³/mol. The van der Waals surface area contributed by atoms with Crippen molar-refractivity contribution >= 4 is 16.6 Å². The van der Waals surface area contributed by atoms with Crippen LogP contribution in [0.15, 0.2) is 24.3 Å². The van der Waals surface area contributed by atoms with Crippen molar-refractivity contribution in [3.63, 3.8) is 0 Å². The highest BCUT2D eigenvalue weighted by Gasteiger charge is 2.14. The highest BCUT2D eigenvalue weighted by atomic mass is 16.6. The summed E-state index contributed by atoms with van der Waals surface area (Å²) in [5, 5.41) is 11.6. The Morgan fingerprint density at radius 2 is 2.06 bits per heavy atom. The number of ether oxygens (including phenoxy) is 1. The summed E-state index contributed by atoms with van der Waals surface area (Å²) in [7, 11) is 1.48. The first-order valence-corrected chi connectivity index (χ1v) is 4.72. The smallest absolute Gasteiger partial charge is 0.295 e. The van der Waals surface area contributed by atoms with E-state index < -0.39 is 4.92 Å². The number of nitrogens with zero attached hydrogens (tertiary/aromatic N) is 2. The molecule has 5 nitrogen and oxygen atoms in total. The summed E-state index contributed by atoms with van der Waals surface area (Å²) < 4.78 is 4.96. The third-order valence-electron chi connectivity index (χ3n) is 2.43. The van der Waals surface area contributed by atoms with E-state index in [1.54, 1.807) is 18.2 Å². The fourth-order valence-electron chi connectivity index (χ4n) is 1.59. The molecule has 0 aliphatic heterocycles. The van der Waals surface area contributed by atoms with Crippen LogP contribution in [0.25, 0.3) is 10.9 Å². The van der Waals surface area contributed by atoms with E-state index in [1.807, 2.05) is 6.92 Å². The molecular formula is C11H10N2O3. The summed E-state index contributed by atoms with van der Waals surface area (Å²) in [6, 6.07) is 6.65. The van der Waals surface area contributed by atoms with Crippen LogP contribution in [0.5, 0.6) is 5.88 Å². The lowest BCUT2D eigenvalue weighted by Crippen LogP contribution is -1.95. The molecule has 0 unspecified atom stereocenters. The third-order valence-corrected chi connectivity index (χ3v) is 2.43. The summed E-state index contributed by atoms with van der Waals surface area (Å²) in [6.07, 6.45) is 0. The maximum Gasteiger partial charge on any atom is 0.295 e. The zero-order valence-corrected chi connectivity index (χ0v) is 8.93. The molecule has 0 saturated carbocycles. The van der Waals surface area contributed by atoms with Crippen molar-refractivity contribution in [1.82, 2.24) is 4.98 Å². The normalized spacial score (nSPS) is 10.4. The second kappa shape index (κ2) is 3.77. The van der Waals surface area contributed by atoms with Crippen LogP contribution >= 0.6 is 0 Å². The Bertz CT molecular complexity index is 566. The molecule has 2 rings (SSSR count). The first-order chi connectivity index (χ1) is 7.63. The number of hydrogen-bond donors (Lipinski definition) is 0. The second-order valence-corrected chi connectivity index (χ2v) is 3.41. The van der Waals surface area contributed by atoms with Crippen LogP contribution < -0.4 is 4.74 Å². The van der Waals surface area contributed by atoms with Crippen LogP contribution in [0.4, 0.5) is 5.69 Å². The van der Waals surface area contributed by atoms with Gasteiger partial charge in [0.2, 0.25) is 5.88 Å². The number of hydrogen-bond acceptors (Lipinski definition) is 4. The largest absolute Gasteiger partial charge is 0.481 e. The molecule has 5 heteroatoms. The lowest BCUT2D eigenvalue weighted by atomic mass is 10.1. The lowest BCUT2D eigenvalue weighted by Gasteiger charge is -2.04. The highest BCUT2D eigenvalue weighted by Crippen LogP contribution is 2.28. The van der Waals surface area contributed by atoms with Gasteiger partial charge in [-0.1, -0.05) is 6.07 Å². The van der Waals surface area contributed by atoms with E-state index in [0.29, 0.717) is 11.4 Å². The van der Waals surface area contributed by atoms with Gasteiger partial charge in [-0.25, -0.2) is 4.98 Å². The average molecular weight is 218 g/mol. The van der Waals surface area contributed by atoms with Crippen molar-refractivity contribution in [2.45, 2.75) is 6.92 Å². The molecule has 0 bridgehead atoms. The van der Waals surface area contributed by atoms with Crippen LogP contribution in [-0.2, 0) is 0 Å². The zero-order chi connectivity index (χ0) is 11.7. The highest BCUT2D eigenvalue weighted by molar-refractivity contribution is 5.90. The van der Waals surface area contributed by atoms with Gasteiger partial charge in [-0.15, -0.1) is 0 Å². The number of aromatic nitrogens is 1. The van der Waals surface area contributed by atoms with E-state index in [-0.39, 0.29) is 5.69 Å². The maximum absolute atomic E-state index is 10.9. The van der Waals surface area contributed by atoms with E-state index in [1.165, 1.54) is 13.2 Å². The number of nitro benzene ring substituents is 1. The van der Waals surface area contributed by atoms with Gasteiger partial charge in [0.1, 0.15) is 0 Å². The van der Waals surface area contributed by atoms with E-state index >= 15 is 0 Å². The molecule has 0 aliphatic rings. The fourth-order valence-corrected chi connectivity index (χ4v) is 1.59. The SMILES string of the molecule is COc1ccc2c(C)ccc([N+](=O)[O-])c2n1. The van der Waals surface area contributed by atoms with Crippen molar-refractivity contribution in [2.24, 2.45) is 0 Å². The van der Waals surface area contributed by atoms with E-state index in [0.717, 1.165) is 10.9 Å². The Morgan fingerprint density at radius 1 is 1.31 bits per heavy atom. The van der Waals surface area contributed by atoms with Crippen molar-refractivity contribution < 1.29 is 9.66 Å². The van der Waals surface area contributed by atoms with Crippen LogP contribution in [-0.4, -0.2) is 17.0 Å². The number of pyridine rings is 1. The predicted octanol–water partition coefficient (Wildman–Crippen LogP) is 2.46. The van der Waals surface area contributed by atoms with Crippen molar-refractivity contribution in [1.29, 1.82) is 0 Å². The molecule has 0 radical (unpaired) electrons. The summed E-state index contributed by atoms with van der Waals surface area (Å²) in [6.45, 7) is 1.89. The molecule has 82 valence electrons. The van der Waals surface area contributed by atoms with Gasteiger partial charge in [0, 0.05) is 17.5 Å². The van der Waals surface area contributed by atoms with Gasteiger partial charge in [0.05, 0.1) is 12.0 Å². The molecule has 0 saturated heterocycles. The average Bonchev–Trinajstić information content (AvgIpc) is 2.28. The van der Waals surface area contributed by atoms with Crippen LogP contribution in [0, 0.1) is 17.0 Å². The molecule has 1 heterocycles.